The van der Waals surface area contributed by atoms with E-state index in [0.717, 1.165) is 54.0 Å². The maximum atomic E-state index is 12.5. The zero-order valence-corrected chi connectivity index (χ0v) is 25.8. The zero-order valence-electron chi connectivity index (χ0n) is 25.8. The lowest BCUT2D eigenvalue weighted by atomic mass is 9.97. The molecule has 0 radical (unpaired) electrons. The second kappa shape index (κ2) is 11.1. The third-order valence-corrected chi connectivity index (χ3v) is 8.19. The summed E-state index contributed by atoms with van der Waals surface area (Å²) < 4.78 is 12.5. The minimum absolute atomic E-state index is 0.181. The van der Waals surface area contributed by atoms with Crippen molar-refractivity contribution in [1.82, 2.24) is 24.6 Å². The van der Waals surface area contributed by atoms with Crippen LogP contribution in [-0.2, 0) is 9.47 Å². The fourth-order valence-electron chi connectivity index (χ4n) is 5.88. The van der Waals surface area contributed by atoms with Crippen molar-refractivity contribution in [2.24, 2.45) is 0 Å². The number of amides is 1. The summed E-state index contributed by atoms with van der Waals surface area (Å²) in [5, 5.41) is 6.99. The number of likely N-dealkylation sites (tertiary alicyclic amines) is 1. The van der Waals surface area contributed by atoms with Gasteiger partial charge in [0.25, 0.3) is 0 Å². The average molecular weight is 589 g/mol. The van der Waals surface area contributed by atoms with Gasteiger partial charge in [0.2, 0.25) is 0 Å². The van der Waals surface area contributed by atoms with Crippen LogP contribution < -0.4 is 15.3 Å². The van der Waals surface area contributed by atoms with Gasteiger partial charge in [0.1, 0.15) is 12.3 Å². The van der Waals surface area contributed by atoms with Gasteiger partial charge in [0, 0.05) is 25.7 Å². The molecular formula is C31H40N8O4. The number of aryl methyl sites for hydroxylation is 1. The predicted molar refractivity (Wildman–Crippen MR) is 163 cm³/mol. The molecule has 0 atom stereocenters. The zero-order chi connectivity index (χ0) is 30.5. The van der Waals surface area contributed by atoms with E-state index in [4.69, 9.17) is 14.6 Å². The van der Waals surface area contributed by atoms with E-state index in [1.165, 1.54) is 18.9 Å². The van der Waals surface area contributed by atoms with Crippen molar-refractivity contribution in [3.8, 4) is 11.3 Å². The van der Waals surface area contributed by atoms with Crippen LogP contribution in [0.5, 0.6) is 0 Å². The van der Waals surface area contributed by atoms with E-state index in [9.17, 15) is 9.59 Å². The number of aromatic nitrogens is 4. The maximum absolute atomic E-state index is 12.5. The van der Waals surface area contributed by atoms with Crippen molar-refractivity contribution >= 4 is 29.1 Å². The summed E-state index contributed by atoms with van der Waals surface area (Å²) in [5.74, 6) is -0.0605. The highest BCUT2D eigenvalue weighted by atomic mass is 16.6. The van der Waals surface area contributed by atoms with Crippen molar-refractivity contribution in [3.63, 3.8) is 0 Å². The molecule has 3 aliphatic rings. The number of fused-ring (bicyclic) bond motifs is 1. The highest BCUT2D eigenvalue weighted by Crippen LogP contribution is 2.51. The van der Waals surface area contributed by atoms with Crippen molar-refractivity contribution in [2.75, 3.05) is 49.3 Å². The van der Waals surface area contributed by atoms with Gasteiger partial charge in [-0.05, 0) is 70.9 Å². The Hall–Kier alpha value is -4.35. The van der Waals surface area contributed by atoms with Gasteiger partial charge in [-0.15, -0.1) is 0 Å². The molecule has 4 heterocycles. The molecule has 2 aliphatic heterocycles. The van der Waals surface area contributed by atoms with Crippen LogP contribution in [0.4, 0.5) is 21.9 Å². The van der Waals surface area contributed by atoms with Crippen molar-refractivity contribution in [2.45, 2.75) is 70.9 Å². The first kappa shape index (κ1) is 28.8. The summed E-state index contributed by atoms with van der Waals surface area (Å²) in [7, 11) is 3.41. The molecule has 3 aromatic rings. The molecule has 43 heavy (non-hydrogen) atoms. The van der Waals surface area contributed by atoms with Gasteiger partial charge in [-0.3, -0.25) is 20.1 Å². The number of hydrogen-bond acceptors (Lipinski definition) is 10. The molecule has 6 rings (SSSR count). The molecule has 1 aromatic carbocycles. The van der Waals surface area contributed by atoms with Crippen LogP contribution >= 0.6 is 0 Å². The monoisotopic (exact) mass is 588 g/mol. The topological polar surface area (TPSA) is 118 Å². The number of ether oxygens (including phenoxy) is 2. The summed E-state index contributed by atoms with van der Waals surface area (Å²) in [6.45, 7) is 9.53. The Labute approximate surface area is 251 Å². The number of anilines is 3. The van der Waals surface area contributed by atoms with Crippen molar-refractivity contribution in [1.29, 1.82) is 0 Å². The Balaban J connectivity index is 1.26. The normalized spacial score (nSPS) is 17.2. The molecular weight excluding hydrogens is 548 g/mol. The van der Waals surface area contributed by atoms with Gasteiger partial charge < -0.3 is 19.3 Å². The number of methoxy groups -OCH3 is 1. The molecule has 0 bridgehead atoms. The number of carbonyl (C=O) groups excluding carboxylic acids is 2. The van der Waals surface area contributed by atoms with Gasteiger partial charge in [0.15, 0.2) is 5.69 Å². The maximum Gasteiger partial charge on any atom is 0.410 e. The predicted octanol–water partition coefficient (Wildman–Crippen LogP) is 5.13. The number of benzene rings is 1. The summed E-state index contributed by atoms with van der Waals surface area (Å²) >= 11 is 0. The highest BCUT2D eigenvalue weighted by Gasteiger charge is 2.35. The van der Waals surface area contributed by atoms with E-state index >= 15 is 0 Å². The third-order valence-electron chi connectivity index (χ3n) is 8.19. The van der Waals surface area contributed by atoms with E-state index in [1.807, 2.05) is 32.4 Å². The smallest absolute Gasteiger partial charge is 0.410 e. The van der Waals surface area contributed by atoms with Crippen LogP contribution in [0.2, 0.25) is 0 Å². The van der Waals surface area contributed by atoms with Gasteiger partial charge in [0.05, 0.1) is 60.2 Å². The van der Waals surface area contributed by atoms with Crippen LogP contribution in [-0.4, -0.2) is 76.2 Å². The van der Waals surface area contributed by atoms with Crippen molar-refractivity contribution in [3.05, 3.63) is 47.7 Å². The van der Waals surface area contributed by atoms with Gasteiger partial charge >= 0.3 is 12.1 Å². The van der Waals surface area contributed by atoms with E-state index in [-0.39, 0.29) is 17.8 Å². The van der Waals surface area contributed by atoms with Gasteiger partial charge in [-0.1, -0.05) is 6.07 Å². The van der Waals surface area contributed by atoms with Gasteiger partial charge in [-0.2, -0.15) is 5.10 Å². The molecule has 1 saturated carbocycles. The summed E-state index contributed by atoms with van der Waals surface area (Å²) in [6.07, 6.45) is 8.81. The molecule has 12 nitrogen and oxygen atoms in total. The third kappa shape index (κ3) is 5.82. The molecule has 12 heteroatoms. The van der Waals surface area contributed by atoms with E-state index < -0.39 is 11.6 Å². The number of rotatable bonds is 6. The molecule has 1 N–H and O–H groups in total. The summed E-state index contributed by atoms with van der Waals surface area (Å²) in [6, 6.07) is 4.54. The quantitative estimate of drug-likeness (QED) is 0.389. The molecule has 2 fully saturated rings. The van der Waals surface area contributed by atoms with Crippen LogP contribution in [0, 0.1) is 6.92 Å². The Morgan fingerprint density at radius 1 is 1.07 bits per heavy atom. The van der Waals surface area contributed by atoms with E-state index in [2.05, 4.69) is 50.7 Å². The Bertz CT molecular complexity index is 1530. The molecule has 0 unspecified atom stereocenters. The first-order valence-electron chi connectivity index (χ1n) is 14.9. The average Bonchev–Trinajstić information content (AvgIpc) is 3.70. The Morgan fingerprint density at radius 2 is 1.81 bits per heavy atom. The minimum Gasteiger partial charge on any atom is -0.464 e. The standard InChI is InChI=1S/C31H40N8O4/c1-19-25(17-38(34-19)21-11-13-37(14-12-21)30(41)43-31(2,3)4)35-39-18-36(5)26-10-9-22(20-7-8-20)27(28(26)39)23-15-32-16-24(33-23)29(40)42-6/h9-10,15-17,20-21,35H,7-8,11-14,18H2,1-6H3. The van der Waals surface area contributed by atoms with Crippen molar-refractivity contribution < 1.29 is 19.1 Å². The molecule has 228 valence electrons. The van der Waals surface area contributed by atoms with E-state index in [1.54, 1.807) is 11.1 Å². The summed E-state index contributed by atoms with van der Waals surface area (Å²) in [5.41, 5.74) is 10.0. The summed E-state index contributed by atoms with van der Waals surface area (Å²) in [4.78, 5) is 37.8. The first-order chi connectivity index (χ1) is 20.5. The molecule has 1 amide bonds. The SMILES string of the molecule is COC(=O)c1cncc(-c2c(C3CC3)ccc3c2N(Nc2cn(C4CCN(C(=O)OC(C)(C)C)CC4)nc2C)CN3C)n1. The second-order valence-electron chi connectivity index (χ2n) is 12.6. The number of carbonyl (C=O) groups is 2. The van der Waals surface area contributed by atoms with Crippen LogP contribution in [0.25, 0.3) is 11.3 Å². The Kier molecular flexibility index (Phi) is 7.39. The number of nitrogens with zero attached hydrogens (tertiary/aromatic N) is 7. The number of esters is 1. The van der Waals surface area contributed by atoms with Crippen LogP contribution in [0.3, 0.4) is 0 Å². The van der Waals surface area contributed by atoms with Gasteiger partial charge in [-0.25, -0.2) is 14.6 Å². The number of hydrogen-bond donors (Lipinski definition) is 1. The lowest BCUT2D eigenvalue weighted by Crippen LogP contribution is -2.42. The van der Waals surface area contributed by atoms with E-state index in [0.29, 0.717) is 31.4 Å². The molecule has 0 spiro atoms. The Morgan fingerprint density at radius 3 is 2.49 bits per heavy atom. The number of piperidine rings is 1. The number of nitrogens with one attached hydrogen (secondary N) is 1. The lowest BCUT2D eigenvalue weighted by Gasteiger charge is -2.33. The first-order valence-corrected chi connectivity index (χ1v) is 14.9. The lowest BCUT2D eigenvalue weighted by molar-refractivity contribution is 0.0184. The molecule has 1 saturated heterocycles. The number of hydrazine groups is 1. The minimum atomic E-state index is -0.512. The molecule has 1 aliphatic carbocycles. The molecule has 2 aromatic heterocycles. The second-order valence-corrected chi connectivity index (χ2v) is 12.6. The fourth-order valence-corrected chi connectivity index (χ4v) is 5.88. The fraction of sp³-hybridized carbons (Fsp3) is 0.516. The highest BCUT2D eigenvalue weighted by molar-refractivity contribution is 5.94. The largest absolute Gasteiger partial charge is 0.464 e. The van der Waals surface area contributed by atoms with Crippen LogP contribution in [0.1, 0.15) is 80.2 Å². The van der Waals surface area contributed by atoms with Crippen LogP contribution in [0.15, 0.2) is 30.7 Å².